The van der Waals surface area contributed by atoms with Gasteiger partial charge in [0.15, 0.2) is 0 Å². The van der Waals surface area contributed by atoms with Crippen LogP contribution in [0.3, 0.4) is 0 Å². The molecule has 0 aliphatic carbocycles. The molecule has 1 aliphatic heterocycles. The number of halogens is 1. The monoisotopic (exact) mass is 270 g/mol. The van der Waals surface area contributed by atoms with Crippen LogP contribution in [0.4, 0.5) is 5.82 Å². The molecule has 1 aromatic heterocycles. The van der Waals surface area contributed by atoms with Crippen molar-refractivity contribution in [2.75, 3.05) is 37.6 Å². The summed E-state index contributed by atoms with van der Waals surface area (Å²) in [5.41, 5.74) is 0. The van der Waals surface area contributed by atoms with Gasteiger partial charge in [0.1, 0.15) is 16.8 Å². The van der Waals surface area contributed by atoms with E-state index in [1.165, 1.54) is 0 Å². The minimum absolute atomic E-state index is 0.271. The second-order valence-electron chi connectivity index (χ2n) is 4.73. The average Bonchev–Trinajstić information content (AvgIpc) is 2.27. The lowest BCUT2D eigenvalue weighted by atomic mass is 10.2. The largest absolute Gasteiger partial charge is 0.392 e. The van der Waals surface area contributed by atoms with Crippen LogP contribution in [-0.4, -0.2) is 58.8 Å². The van der Waals surface area contributed by atoms with Gasteiger partial charge in [-0.3, -0.25) is 4.90 Å². The summed E-state index contributed by atoms with van der Waals surface area (Å²) in [4.78, 5) is 12.9. The predicted octanol–water partition coefficient (Wildman–Crippen LogP) is 0.941. The number of rotatable bonds is 3. The van der Waals surface area contributed by atoms with Crippen molar-refractivity contribution >= 4 is 17.4 Å². The molecule has 1 aromatic rings. The SMILES string of the molecule is Cc1nc(Cl)cc(N2CCN(C[C@@H](C)O)CC2)n1. The molecule has 0 bridgehead atoms. The van der Waals surface area contributed by atoms with Crippen LogP contribution in [0, 0.1) is 6.92 Å². The minimum atomic E-state index is -0.271. The fourth-order valence-corrected chi connectivity index (χ4v) is 2.43. The Balaban J connectivity index is 1.96. The molecule has 6 heteroatoms. The zero-order valence-electron chi connectivity index (χ0n) is 10.8. The van der Waals surface area contributed by atoms with Gasteiger partial charge < -0.3 is 10.0 Å². The van der Waals surface area contributed by atoms with E-state index in [1.807, 2.05) is 13.8 Å². The topological polar surface area (TPSA) is 52.5 Å². The number of hydrogen-bond donors (Lipinski definition) is 1. The summed E-state index contributed by atoms with van der Waals surface area (Å²) in [6.45, 7) is 8.08. The second-order valence-corrected chi connectivity index (χ2v) is 5.12. The van der Waals surface area contributed by atoms with Crippen LogP contribution in [0.15, 0.2) is 6.07 Å². The summed E-state index contributed by atoms with van der Waals surface area (Å²) < 4.78 is 0. The fourth-order valence-electron chi connectivity index (χ4n) is 2.21. The lowest BCUT2D eigenvalue weighted by molar-refractivity contribution is 0.122. The first kappa shape index (κ1) is 13.5. The minimum Gasteiger partial charge on any atom is -0.392 e. The average molecular weight is 271 g/mol. The Kier molecular flexibility index (Phi) is 4.37. The van der Waals surface area contributed by atoms with E-state index in [1.54, 1.807) is 6.07 Å². The molecule has 2 heterocycles. The second kappa shape index (κ2) is 5.82. The maximum atomic E-state index is 9.37. The first-order valence-corrected chi connectivity index (χ1v) is 6.59. The Morgan fingerprint density at radius 2 is 2.00 bits per heavy atom. The molecular weight excluding hydrogens is 252 g/mol. The van der Waals surface area contributed by atoms with E-state index in [0.717, 1.165) is 38.5 Å². The summed E-state index contributed by atoms with van der Waals surface area (Å²) in [6, 6.07) is 1.80. The number of β-amino-alcohol motifs (C(OH)–C–C–N with tert-alkyl or cyclic N) is 1. The van der Waals surface area contributed by atoms with Gasteiger partial charge in [0.25, 0.3) is 0 Å². The molecule has 0 unspecified atom stereocenters. The van der Waals surface area contributed by atoms with Crippen molar-refractivity contribution in [2.24, 2.45) is 0 Å². The van der Waals surface area contributed by atoms with Crippen LogP contribution >= 0.6 is 11.6 Å². The van der Waals surface area contributed by atoms with E-state index >= 15 is 0 Å². The number of nitrogens with zero attached hydrogens (tertiary/aromatic N) is 4. The van der Waals surface area contributed by atoms with E-state index in [0.29, 0.717) is 11.0 Å². The standard InChI is InChI=1S/C12H19ClN4O/c1-9(18)8-16-3-5-17(6-4-16)12-7-11(13)14-10(2)15-12/h7,9,18H,3-6,8H2,1-2H3/t9-/m1/s1. The van der Waals surface area contributed by atoms with Gasteiger partial charge in [0.2, 0.25) is 0 Å². The van der Waals surface area contributed by atoms with Gasteiger partial charge >= 0.3 is 0 Å². The number of hydrogen-bond acceptors (Lipinski definition) is 5. The molecule has 1 fully saturated rings. The van der Waals surface area contributed by atoms with Crippen molar-refractivity contribution in [3.05, 3.63) is 17.0 Å². The quantitative estimate of drug-likeness (QED) is 0.829. The molecule has 0 amide bonds. The highest BCUT2D eigenvalue weighted by Crippen LogP contribution is 2.17. The molecule has 5 nitrogen and oxygen atoms in total. The first-order chi connectivity index (χ1) is 8.54. The molecule has 1 aliphatic rings. The number of piperazine rings is 1. The van der Waals surface area contributed by atoms with E-state index in [-0.39, 0.29) is 6.10 Å². The Labute approximate surface area is 112 Å². The summed E-state index contributed by atoms with van der Waals surface area (Å²) in [6.07, 6.45) is -0.271. The van der Waals surface area contributed by atoms with Gasteiger partial charge in [-0.2, -0.15) is 0 Å². The van der Waals surface area contributed by atoms with Crippen molar-refractivity contribution in [1.29, 1.82) is 0 Å². The number of aryl methyl sites for hydroxylation is 1. The van der Waals surface area contributed by atoms with Crippen LogP contribution in [0.5, 0.6) is 0 Å². The van der Waals surface area contributed by atoms with Crippen LogP contribution in [0.25, 0.3) is 0 Å². The van der Waals surface area contributed by atoms with Gasteiger partial charge in [0.05, 0.1) is 6.10 Å². The number of aliphatic hydroxyl groups is 1. The third-order valence-electron chi connectivity index (χ3n) is 3.01. The zero-order valence-corrected chi connectivity index (χ0v) is 11.6. The van der Waals surface area contributed by atoms with E-state index in [9.17, 15) is 5.11 Å². The number of anilines is 1. The molecule has 0 radical (unpaired) electrons. The normalized spacial score (nSPS) is 19.0. The predicted molar refractivity (Wildman–Crippen MR) is 72.1 cm³/mol. The maximum Gasteiger partial charge on any atom is 0.134 e. The summed E-state index contributed by atoms with van der Waals surface area (Å²) in [5.74, 6) is 1.59. The highest BCUT2D eigenvalue weighted by molar-refractivity contribution is 6.29. The van der Waals surface area contributed by atoms with E-state index in [4.69, 9.17) is 11.6 Å². The lowest BCUT2D eigenvalue weighted by Crippen LogP contribution is -2.48. The van der Waals surface area contributed by atoms with Crippen molar-refractivity contribution < 1.29 is 5.11 Å². The molecular formula is C12H19ClN4O. The van der Waals surface area contributed by atoms with Crippen molar-refractivity contribution in [3.8, 4) is 0 Å². The van der Waals surface area contributed by atoms with Gasteiger partial charge in [0, 0.05) is 38.8 Å². The van der Waals surface area contributed by atoms with Gasteiger partial charge in [-0.25, -0.2) is 9.97 Å². The van der Waals surface area contributed by atoms with Gasteiger partial charge in [-0.1, -0.05) is 11.6 Å². The Bertz CT molecular complexity index is 385. The van der Waals surface area contributed by atoms with E-state index in [2.05, 4.69) is 19.8 Å². The lowest BCUT2D eigenvalue weighted by Gasteiger charge is -2.35. The summed E-state index contributed by atoms with van der Waals surface area (Å²) in [7, 11) is 0. The zero-order chi connectivity index (χ0) is 13.1. The molecule has 1 N–H and O–H groups in total. The fraction of sp³-hybridized carbons (Fsp3) is 0.667. The highest BCUT2D eigenvalue weighted by atomic mass is 35.5. The molecule has 0 saturated carbocycles. The first-order valence-electron chi connectivity index (χ1n) is 6.21. The van der Waals surface area contributed by atoms with Gasteiger partial charge in [-0.15, -0.1) is 0 Å². The van der Waals surface area contributed by atoms with Crippen LogP contribution < -0.4 is 4.90 Å². The molecule has 1 atom stereocenters. The molecule has 1 saturated heterocycles. The molecule has 0 aromatic carbocycles. The van der Waals surface area contributed by atoms with Crippen molar-refractivity contribution in [3.63, 3.8) is 0 Å². The highest BCUT2D eigenvalue weighted by Gasteiger charge is 2.19. The summed E-state index contributed by atoms with van der Waals surface area (Å²) in [5, 5.41) is 9.86. The molecule has 2 rings (SSSR count). The van der Waals surface area contributed by atoms with Gasteiger partial charge in [-0.05, 0) is 13.8 Å². The van der Waals surface area contributed by atoms with Crippen LogP contribution in [0.2, 0.25) is 5.15 Å². The molecule has 0 spiro atoms. The Hall–Kier alpha value is -0.910. The maximum absolute atomic E-state index is 9.37. The number of aromatic nitrogens is 2. The Morgan fingerprint density at radius 1 is 1.33 bits per heavy atom. The number of aliphatic hydroxyl groups excluding tert-OH is 1. The summed E-state index contributed by atoms with van der Waals surface area (Å²) >= 11 is 5.95. The van der Waals surface area contributed by atoms with Crippen LogP contribution in [0.1, 0.15) is 12.7 Å². The Morgan fingerprint density at radius 3 is 2.56 bits per heavy atom. The molecule has 18 heavy (non-hydrogen) atoms. The van der Waals surface area contributed by atoms with E-state index < -0.39 is 0 Å². The van der Waals surface area contributed by atoms with Crippen molar-refractivity contribution in [2.45, 2.75) is 20.0 Å². The smallest absolute Gasteiger partial charge is 0.134 e. The molecule has 100 valence electrons. The third kappa shape index (κ3) is 3.54. The van der Waals surface area contributed by atoms with Crippen LogP contribution in [-0.2, 0) is 0 Å². The van der Waals surface area contributed by atoms with Crippen molar-refractivity contribution in [1.82, 2.24) is 14.9 Å². The third-order valence-corrected chi connectivity index (χ3v) is 3.21.